The molecule has 0 spiro atoms. The lowest BCUT2D eigenvalue weighted by Crippen LogP contribution is -2.37. The minimum absolute atomic E-state index is 0.0392. The molecule has 0 heterocycles. The Bertz CT molecular complexity index is 759. The van der Waals surface area contributed by atoms with Gasteiger partial charge in [0.15, 0.2) is 0 Å². The molecule has 0 aromatic heterocycles. The molecule has 2 unspecified atom stereocenters. The predicted octanol–water partition coefficient (Wildman–Crippen LogP) is 7.78. The highest BCUT2D eigenvalue weighted by Crippen LogP contribution is 2.43. The zero-order chi connectivity index (χ0) is 28.8. The fraction of sp³-hybridized carbons (Fsp3) is 0.800. The number of quaternary nitrogens is 1. The van der Waals surface area contributed by atoms with Crippen molar-refractivity contribution in [3.05, 3.63) is 33.4 Å². The summed E-state index contributed by atoms with van der Waals surface area (Å²) in [4.78, 5) is 9.81. The molecule has 7 nitrogen and oxygen atoms in total. The summed E-state index contributed by atoms with van der Waals surface area (Å²) in [7, 11) is 3.44. The van der Waals surface area contributed by atoms with Crippen LogP contribution in [-0.2, 0) is 29.5 Å². The third-order valence-electron chi connectivity index (χ3n) is 6.74. The molecule has 228 valence electrons. The van der Waals surface area contributed by atoms with E-state index >= 15 is 0 Å². The molecule has 39 heavy (non-hydrogen) atoms. The number of halogens is 1. The van der Waals surface area contributed by atoms with Crippen LogP contribution in [0, 0.1) is 3.57 Å². The van der Waals surface area contributed by atoms with Gasteiger partial charge in [0.2, 0.25) is 0 Å². The fourth-order valence-electron chi connectivity index (χ4n) is 4.17. The van der Waals surface area contributed by atoms with Gasteiger partial charge >= 0.3 is 7.82 Å². The first kappa shape index (κ1) is 37.0. The first-order chi connectivity index (χ1) is 18.6. The van der Waals surface area contributed by atoms with E-state index in [1.54, 1.807) is 7.11 Å². The Balaban J connectivity index is 1.86. The minimum Gasteiger partial charge on any atom is -0.379 e. The third-order valence-corrected chi connectivity index (χ3v) is 8.45. The van der Waals surface area contributed by atoms with E-state index in [4.69, 9.17) is 18.5 Å². The van der Waals surface area contributed by atoms with Crippen LogP contribution in [0.15, 0.2) is 24.3 Å². The molecule has 1 aromatic carbocycles. The number of aryl methyl sites for hydroxylation is 1. The maximum atomic E-state index is 12.0. The fourth-order valence-corrected chi connectivity index (χ4v) is 5.27. The standard InChI is InChI=1S/C30H55INO6P/c1-32(2,3)23-25-37-39(33,34)38-27-30(35-4)26-36-24-17-15-13-11-9-7-5-6-8-10-12-14-16-18-28-19-21-29(31)22-20-28/h19-22,30H,5-18,23-27H2,1-4H3/p+1/i31-2. The van der Waals surface area contributed by atoms with Crippen molar-refractivity contribution in [2.45, 2.75) is 96.0 Å². The van der Waals surface area contributed by atoms with Gasteiger partial charge in [0, 0.05) is 17.3 Å². The van der Waals surface area contributed by atoms with Gasteiger partial charge in [-0.3, -0.25) is 9.05 Å². The molecule has 0 bridgehead atoms. The number of rotatable bonds is 26. The van der Waals surface area contributed by atoms with Crippen LogP contribution in [0.25, 0.3) is 0 Å². The van der Waals surface area contributed by atoms with Gasteiger partial charge in [-0.25, -0.2) is 4.57 Å². The molecule has 0 amide bonds. The second kappa shape index (κ2) is 22.5. The Morgan fingerprint density at radius 3 is 1.79 bits per heavy atom. The van der Waals surface area contributed by atoms with Crippen molar-refractivity contribution in [1.29, 1.82) is 0 Å². The first-order valence-corrected chi connectivity index (χ1v) is 17.5. The number of phosphoric ester groups is 1. The molecule has 1 rings (SSSR count). The van der Waals surface area contributed by atoms with Gasteiger partial charge in [-0.2, -0.15) is 0 Å². The van der Waals surface area contributed by atoms with Crippen LogP contribution in [0.4, 0.5) is 0 Å². The van der Waals surface area contributed by atoms with Gasteiger partial charge < -0.3 is 18.9 Å². The van der Waals surface area contributed by atoms with Gasteiger partial charge in [0.1, 0.15) is 19.3 Å². The zero-order valence-corrected chi connectivity index (χ0v) is 28.1. The normalized spacial score (nSPS) is 14.4. The monoisotopic (exact) mass is 682 g/mol. The average molecular weight is 683 g/mol. The molecule has 1 aromatic rings. The van der Waals surface area contributed by atoms with Crippen LogP contribution < -0.4 is 0 Å². The van der Waals surface area contributed by atoms with Crippen LogP contribution in [0.1, 0.15) is 89.0 Å². The smallest absolute Gasteiger partial charge is 0.379 e. The Morgan fingerprint density at radius 1 is 0.769 bits per heavy atom. The van der Waals surface area contributed by atoms with E-state index in [0.717, 1.165) is 6.42 Å². The number of nitrogens with zero attached hydrogens (tertiary/aromatic N) is 1. The molecular formula is C30H56INO6P+. The Labute approximate surface area is 252 Å². The lowest BCUT2D eigenvalue weighted by Gasteiger charge is -2.24. The van der Waals surface area contributed by atoms with Crippen LogP contribution in [0.3, 0.4) is 0 Å². The highest BCUT2D eigenvalue weighted by atomic mass is 125. The first-order valence-electron chi connectivity index (χ1n) is 14.9. The van der Waals surface area contributed by atoms with Crippen molar-refractivity contribution >= 4 is 30.4 Å². The number of hydrogen-bond acceptors (Lipinski definition) is 5. The summed E-state index contributed by atoms with van der Waals surface area (Å²) >= 11 is 2.36. The third kappa shape index (κ3) is 23.2. The van der Waals surface area contributed by atoms with Crippen molar-refractivity contribution in [3.63, 3.8) is 0 Å². The second-order valence-electron chi connectivity index (χ2n) is 11.5. The SMILES string of the molecule is COC(COCCCCCCCCCCCCCCCc1ccc([125I])cc1)COP(=O)(O)OCC[N+](C)(C)C. The molecule has 9 heteroatoms. The maximum absolute atomic E-state index is 12.0. The Hall–Kier alpha value is -0.0600. The second-order valence-corrected chi connectivity index (χ2v) is 14.2. The highest BCUT2D eigenvalue weighted by Gasteiger charge is 2.24. The molecule has 0 saturated heterocycles. The predicted molar refractivity (Wildman–Crippen MR) is 169 cm³/mol. The number of likely N-dealkylation sites (N-methyl/N-ethyl adjacent to an activating group) is 1. The van der Waals surface area contributed by atoms with E-state index in [1.165, 1.54) is 92.6 Å². The van der Waals surface area contributed by atoms with Gasteiger partial charge in [-0.05, 0) is 59.5 Å². The lowest BCUT2D eigenvalue weighted by atomic mass is 10.0. The van der Waals surface area contributed by atoms with Crippen LogP contribution >= 0.6 is 30.4 Å². The molecular weight excluding hydrogens is 626 g/mol. The number of benzene rings is 1. The van der Waals surface area contributed by atoms with E-state index in [9.17, 15) is 9.46 Å². The van der Waals surface area contributed by atoms with Gasteiger partial charge in [0.25, 0.3) is 0 Å². The number of ether oxygens (including phenoxy) is 2. The zero-order valence-electron chi connectivity index (χ0n) is 25.1. The van der Waals surface area contributed by atoms with Gasteiger partial charge in [0.05, 0.1) is 34.4 Å². The van der Waals surface area contributed by atoms with E-state index in [0.29, 0.717) is 24.2 Å². The molecule has 0 saturated carbocycles. The van der Waals surface area contributed by atoms with Crippen molar-refractivity contribution in [2.75, 3.05) is 61.2 Å². The highest BCUT2D eigenvalue weighted by molar-refractivity contribution is 14.1. The van der Waals surface area contributed by atoms with E-state index in [-0.39, 0.29) is 13.2 Å². The quantitative estimate of drug-likeness (QED) is 0.0466. The number of hydrogen-bond donors (Lipinski definition) is 1. The average Bonchev–Trinajstić information content (AvgIpc) is 2.87. The summed E-state index contributed by atoms with van der Waals surface area (Å²) in [6.45, 7) is 1.73. The van der Waals surface area contributed by atoms with Crippen molar-refractivity contribution in [3.8, 4) is 0 Å². The van der Waals surface area contributed by atoms with E-state index < -0.39 is 13.9 Å². The molecule has 0 fully saturated rings. The topological polar surface area (TPSA) is 74.2 Å². The minimum atomic E-state index is -4.08. The van der Waals surface area contributed by atoms with E-state index in [2.05, 4.69) is 46.9 Å². The largest absolute Gasteiger partial charge is 0.472 e. The Kier molecular flexibility index (Phi) is 21.4. The molecule has 0 aliphatic heterocycles. The Morgan fingerprint density at radius 2 is 1.28 bits per heavy atom. The number of methoxy groups -OCH3 is 1. The summed E-state index contributed by atoms with van der Waals surface area (Å²) in [5.74, 6) is 0. The lowest BCUT2D eigenvalue weighted by molar-refractivity contribution is -0.870. The van der Waals surface area contributed by atoms with Crippen LogP contribution in [-0.4, -0.2) is 76.7 Å². The molecule has 2 atom stereocenters. The van der Waals surface area contributed by atoms with Crippen molar-refractivity contribution in [2.24, 2.45) is 0 Å². The van der Waals surface area contributed by atoms with E-state index in [1.807, 2.05) is 21.1 Å². The molecule has 1 N–H and O–H groups in total. The maximum Gasteiger partial charge on any atom is 0.472 e. The molecule has 0 radical (unpaired) electrons. The summed E-state index contributed by atoms with van der Waals surface area (Å²) in [6, 6.07) is 8.93. The summed E-state index contributed by atoms with van der Waals surface area (Å²) in [5, 5.41) is 0. The number of unbranched alkanes of at least 4 members (excludes halogenated alkanes) is 12. The van der Waals surface area contributed by atoms with Gasteiger partial charge in [-0.1, -0.05) is 82.8 Å². The van der Waals surface area contributed by atoms with Crippen molar-refractivity contribution < 1.29 is 32.5 Å². The van der Waals surface area contributed by atoms with Crippen LogP contribution in [0.5, 0.6) is 0 Å². The van der Waals surface area contributed by atoms with Crippen LogP contribution in [0.2, 0.25) is 0 Å². The summed E-state index contributed by atoms with van der Waals surface area (Å²) in [6.07, 6.45) is 17.8. The molecule has 0 aliphatic carbocycles. The van der Waals surface area contributed by atoms with Gasteiger partial charge in [-0.15, -0.1) is 0 Å². The van der Waals surface area contributed by atoms with Crippen molar-refractivity contribution in [1.82, 2.24) is 0 Å². The summed E-state index contributed by atoms with van der Waals surface area (Å²) < 4.78 is 35.1. The summed E-state index contributed by atoms with van der Waals surface area (Å²) in [5.41, 5.74) is 1.47. The number of phosphoric acid groups is 1. The molecule has 0 aliphatic rings.